The van der Waals surface area contributed by atoms with Gasteiger partial charge in [-0.25, -0.2) is 0 Å². The van der Waals surface area contributed by atoms with E-state index in [-0.39, 0.29) is 18.3 Å². The van der Waals surface area contributed by atoms with Gasteiger partial charge in [0, 0.05) is 21.7 Å². The Labute approximate surface area is 196 Å². The Morgan fingerprint density at radius 2 is 1.56 bits per heavy atom. The maximum atomic E-state index is 13.4. The van der Waals surface area contributed by atoms with Crippen LogP contribution < -0.4 is 4.43 Å². The van der Waals surface area contributed by atoms with Gasteiger partial charge >= 0.3 is 0 Å². The van der Waals surface area contributed by atoms with Crippen LogP contribution in [0.2, 0.25) is 44.3 Å². The van der Waals surface area contributed by atoms with E-state index in [1.165, 1.54) is 0 Å². The van der Waals surface area contributed by atoms with Crippen molar-refractivity contribution < 1.29 is 18.4 Å². The van der Waals surface area contributed by atoms with Crippen LogP contribution in [0.3, 0.4) is 0 Å². The number of fused-ring (bicyclic) bond motifs is 1. The molecule has 0 fully saturated rings. The molecule has 0 amide bonds. The van der Waals surface area contributed by atoms with Gasteiger partial charge in [0.05, 0.1) is 11.9 Å². The molecule has 3 aromatic rings. The van der Waals surface area contributed by atoms with Crippen LogP contribution in [-0.4, -0.2) is 33.1 Å². The third kappa shape index (κ3) is 5.71. The molecule has 0 atom stereocenters. The Balaban J connectivity index is 2.15. The molecule has 0 radical (unpaired) electrons. The van der Waals surface area contributed by atoms with Crippen LogP contribution in [0.25, 0.3) is 10.9 Å². The Kier molecular flexibility index (Phi) is 6.74. The first-order valence-electron chi connectivity index (χ1n) is 10.6. The summed E-state index contributed by atoms with van der Waals surface area (Å²) in [6, 6.07) is 12.5. The van der Waals surface area contributed by atoms with Crippen molar-refractivity contribution in [2.45, 2.75) is 52.6 Å². The summed E-state index contributed by atoms with van der Waals surface area (Å²) in [5.74, 6) is 0.294. The summed E-state index contributed by atoms with van der Waals surface area (Å²) in [4.78, 5) is 26.1. The van der Waals surface area contributed by atoms with Crippen LogP contribution in [0.5, 0.6) is 5.75 Å². The minimum Gasteiger partial charge on any atom is -0.544 e. The highest BCUT2D eigenvalue weighted by Gasteiger charge is 2.26. The molecule has 0 spiro atoms. The van der Waals surface area contributed by atoms with Crippen LogP contribution in [0.4, 0.5) is 0 Å². The first-order chi connectivity index (χ1) is 14.7. The van der Waals surface area contributed by atoms with Gasteiger partial charge in [-0.15, -0.1) is 0 Å². The molecule has 0 N–H and O–H groups in total. The van der Waals surface area contributed by atoms with Crippen molar-refractivity contribution in [3.8, 4) is 5.75 Å². The van der Waals surface area contributed by atoms with Gasteiger partial charge in [0.2, 0.25) is 16.6 Å². The number of aromatic nitrogens is 1. The molecule has 0 aliphatic carbocycles. The molecular weight excluding hydrogens is 458 g/mol. The Hall–Kier alpha value is -2.36. The Morgan fingerprint density at radius 3 is 2.12 bits per heavy atom. The fourth-order valence-electron chi connectivity index (χ4n) is 3.61. The summed E-state index contributed by atoms with van der Waals surface area (Å²) in [5.41, 5.74) is 2.76. The van der Waals surface area contributed by atoms with Gasteiger partial charge in [0.15, 0.2) is 0 Å². The van der Waals surface area contributed by atoms with Gasteiger partial charge in [-0.3, -0.25) is 14.2 Å². The second-order valence-corrected chi connectivity index (χ2v) is 19.2. The summed E-state index contributed by atoms with van der Waals surface area (Å²) < 4.78 is 13.5. The number of carbonyl (C=O) groups is 2. The van der Waals surface area contributed by atoms with Gasteiger partial charge in [0.25, 0.3) is 11.9 Å². The largest absolute Gasteiger partial charge is 0.544 e. The lowest BCUT2D eigenvalue weighted by molar-refractivity contribution is -0.134. The summed E-state index contributed by atoms with van der Waals surface area (Å²) >= 11 is 6.00. The van der Waals surface area contributed by atoms with E-state index in [9.17, 15) is 9.59 Å². The van der Waals surface area contributed by atoms with E-state index in [1.54, 1.807) is 28.8 Å². The molecule has 170 valence electrons. The van der Waals surface area contributed by atoms with Crippen LogP contribution in [0.15, 0.2) is 42.5 Å². The van der Waals surface area contributed by atoms with Crippen molar-refractivity contribution in [2.75, 3.05) is 0 Å². The highest BCUT2D eigenvalue weighted by Crippen LogP contribution is 2.32. The molecule has 1 heterocycles. The van der Waals surface area contributed by atoms with Crippen LogP contribution in [0, 0.1) is 6.92 Å². The monoisotopic (exact) mass is 487 g/mol. The molecular formula is C24H30ClNO4Si2. The Bertz CT molecular complexity index is 1170. The fraction of sp³-hybridized carbons (Fsp3) is 0.333. The minimum absolute atomic E-state index is 0.101. The summed E-state index contributed by atoms with van der Waals surface area (Å²) in [6.07, 6.45) is 0.101. The van der Waals surface area contributed by atoms with E-state index in [1.807, 2.05) is 44.8 Å². The third-order valence-corrected chi connectivity index (χ3v) is 6.71. The number of hydrogen-bond acceptors (Lipinski definition) is 4. The maximum Gasteiger partial charge on any atom is 0.297 e. The van der Waals surface area contributed by atoms with E-state index < -0.39 is 16.6 Å². The van der Waals surface area contributed by atoms with E-state index >= 15 is 0 Å². The van der Waals surface area contributed by atoms with Gasteiger partial charge in [0.1, 0.15) is 5.75 Å². The topological polar surface area (TPSA) is 57.5 Å². The van der Waals surface area contributed by atoms with Crippen LogP contribution >= 0.6 is 11.6 Å². The molecule has 3 rings (SSSR count). The van der Waals surface area contributed by atoms with Crippen molar-refractivity contribution in [1.29, 1.82) is 0 Å². The lowest BCUT2D eigenvalue weighted by Crippen LogP contribution is -2.30. The molecule has 0 saturated carbocycles. The second kappa shape index (κ2) is 8.88. The predicted octanol–water partition coefficient (Wildman–Crippen LogP) is 6.43. The van der Waals surface area contributed by atoms with Crippen LogP contribution in [-0.2, 0) is 15.6 Å². The van der Waals surface area contributed by atoms with Gasteiger partial charge in [-0.05, 0) is 94.2 Å². The smallest absolute Gasteiger partial charge is 0.297 e. The number of hydrogen-bond donors (Lipinski definition) is 0. The lowest BCUT2D eigenvalue weighted by Gasteiger charge is -2.19. The molecule has 5 nitrogen and oxygen atoms in total. The molecule has 32 heavy (non-hydrogen) atoms. The van der Waals surface area contributed by atoms with Crippen molar-refractivity contribution >= 4 is 51.0 Å². The average Bonchev–Trinajstić information content (AvgIpc) is 2.90. The van der Waals surface area contributed by atoms with E-state index in [4.69, 9.17) is 20.5 Å². The molecule has 1 aromatic heterocycles. The zero-order valence-corrected chi connectivity index (χ0v) is 22.5. The fourth-order valence-corrected chi connectivity index (χ4v) is 5.32. The number of halogens is 1. The summed E-state index contributed by atoms with van der Waals surface area (Å²) in [7, 11) is -3.86. The van der Waals surface area contributed by atoms with Crippen molar-refractivity contribution in [3.05, 3.63) is 64.3 Å². The lowest BCUT2D eigenvalue weighted by atomic mass is 10.1. The van der Waals surface area contributed by atoms with Crippen molar-refractivity contribution in [3.63, 3.8) is 0 Å². The predicted molar refractivity (Wildman–Crippen MR) is 135 cm³/mol. The van der Waals surface area contributed by atoms with Gasteiger partial charge in [-0.1, -0.05) is 11.6 Å². The third-order valence-electron chi connectivity index (χ3n) is 4.77. The summed E-state index contributed by atoms with van der Waals surface area (Å²) in [5, 5.41) is 1.40. The minimum atomic E-state index is -2.03. The first kappa shape index (κ1) is 24.3. The highest BCUT2D eigenvalue weighted by molar-refractivity contribution is 6.71. The maximum absolute atomic E-state index is 13.4. The van der Waals surface area contributed by atoms with Crippen LogP contribution in [0.1, 0.15) is 21.6 Å². The number of nitrogens with zero attached hydrogens (tertiary/aromatic N) is 1. The molecule has 8 heteroatoms. The highest BCUT2D eigenvalue weighted by atomic mass is 35.5. The molecule has 0 bridgehead atoms. The van der Waals surface area contributed by atoms with E-state index in [2.05, 4.69) is 19.6 Å². The standard InChI is InChI=1S/C24H30ClNO4Si2/c1-16-20(15-23(27)30-32(5,6)7)21-14-19(29-31(2,3)4)12-13-22(21)26(16)24(28)17-8-10-18(25)11-9-17/h8-14H,15H2,1-7H3. The molecule has 0 aliphatic rings. The zero-order chi connectivity index (χ0) is 23.8. The Morgan fingerprint density at radius 1 is 0.938 bits per heavy atom. The average molecular weight is 488 g/mol. The number of rotatable bonds is 6. The van der Waals surface area contributed by atoms with Gasteiger partial charge in [-0.2, -0.15) is 0 Å². The first-order valence-corrected chi connectivity index (χ1v) is 17.8. The quantitative estimate of drug-likeness (QED) is 0.376. The SMILES string of the molecule is Cc1c(CC(=O)O[Si](C)(C)C)c2cc(O[Si](C)(C)C)ccc2n1C(=O)c1ccc(Cl)cc1. The number of benzene rings is 2. The summed E-state index contributed by atoms with van der Waals surface area (Å²) in [6.45, 7) is 14.1. The normalized spacial score (nSPS) is 12.1. The van der Waals surface area contributed by atoms with Crippen molar-refractivity contribution in [1.82, 2.24) is 4.57 Å². The molecule has 0 saturated heterocycles. The van der Waals surface area contributed by atoms with Gasteiger partial charge < -0.3 is 8.85 Å². The van der Waals surface area contributed by atoms with E-state index in [0.29, 0.717) is 10.6 Å². The van der Waals surface area contributed by atoms with Crippen molar-refractivity contribution in [2.24, 2.45) is 0 Å². The molecule has 0 aliphatic heterocycles. The zero-order valence-electron chi connectivity index (χ0n) is 19.7. The second-order valence-electron chi connectivity index (χ2n) is 9.87. The molecule has 2 aromatic carbocycles. The van der Waals surface area contributed by atoms with E-state index in [0.717, 1.165) is 27.9 Å². The number of carbonyl (C=O) groups excluding carboxylic acids is 2. The molecule has 0 unspecified atom stereocenters.